The lowest BCUT2D eigenvalue weighted by Gasteiger charge is -2.07. The minimum absolute atomic E-state index is 0.0123. The maximum atomic E-state index is 12.1. The SMILES string of the molecule is CCC1Cc2cccc(OS(C)(=O)=O)c2C1=O. The van der Waals surface area contributed by atoms with Crippen molar-refractivity contribution < 1.29 is 17.4 Å². The summed E-state index contributed by atoms with van der Waals surface area (Å²) in [4.78, 5) is 12.1. The van der Waals surface area contributed by atoms with Crippen LogP contribution in [0, 0.1) is 5.92 Å². The van der Waals surface area contributed by atoms with Gasteiger partial charge in [-0.15, -0.1) is 0 Å². The molecule has 0 bridgehead atoms. The number of hydrogen-bond donors (Lipinski definition) is 0. The molecule has 0 spiro atoms. The Balaban J connectivity index is 2.46. The minimum Gasteiger partial charge on any atom is -0.382 e. The number of carbonyl (C=O) groups is 1. The summed E-state index contributed by atoms with van der Waals surface area (Å²) < 4.78 is 27.1. The summed E-state index contributed by atoms with van der Waals surface area (Å²) in [6, 6.07) is 5.08. The topological polar surface area (TPSA) is 60.4 Å². The molecule has 92 valence electrons. The van der Waals surface area contributed by atoms with Gasteiger partial charge in [-0.1, -0.05) is 19.1 Å². The fourth-order valence-electron chi connectivity index (χ4n) is 2.15. The van der Waals surface area contributed by atoms with Gasteiger partial charge in [0.1, 0.15) is 0 Å². The molecule has 1 aromatic rings. The minimum atomic E-state index is -3.60. The fourth-order valence-corrected chi connectivity index (χ4v) is 2.62. The van der Waals surface area contributed by atoms with Crippen LogP contribution < -0.4 is 4.18 Å². The van der Waals surface area contributed by atoms with Gasteiger partial charge in [-0.2, -0.15) is 8.42 Å². The van der Waals surface area contributed by atoms with E-state index in [4.69, 9.17) is 4.18 Å². The van der Waals surface area contributed by atoms with Crippen LogP contribution in [0.2, 0.25) is 0 Å². The van der Waals surface area contributed by atoms with Crippen LogP contribution in [0.1, 0.15) is 29.3 Å². The molecule has 0 aromatic heterocycles. The predicted octanol–water partition coefficient (Wildman–Crippen LogP) is 1.79. The van der Waals surface area contributed by atoms with E-state index in [1.54, 1.807) is 6.07 Å². The average molecular weight is 254 g/mol. The molecule has 4 nitrogen and oxygen atoms in total. The zero-order valence-corrected chi connectivity index (χ0v) is 10.6. The molecule has 1 aliphatic rings. The lowest BCUT2D eigenvalue weighted by Crippen LogP contribution is -2.11. The summed E-state index contributed by atoms with van der Waals surface area (Å²) in [6.45, 7) is 1.95. The number of carbonyl (C=O) groups excluding carboxylic acids is 1. The summed E-state index contributed by atoms with van der Waals surface area (Å²) in [5.74, 6) is 0.0991. The van der Waals surface area contributed by atoms with Crippen LogP contribution in [-0.2, 0) is 16.5 Å². The Kier molecular flexibility index (Phi) is 2.95. The van der Waals surface area contributed by atoms with Crippen LogP contribution in [-0.4, -0.2) is 20.5 Å². The zero-order chi connectivity index (χ0) is 12.6. The predicted molar refractivity (Wildman–Crippen MR) is 63.7 cm³/mol. The van der Waals surface area contributed by atoms with Gasteiger partial charge in [0.15, 0.2) is 11.5 Å². The molecular formula is C12H14O4S. The van der Waals surface area contributed by atoms with Gasteiger partial charge in [0.25, 0.3) is 0 Å². The van der Waals surface area contributed by atoms with Crippen molar-refractivity contribution in [3.63, 3.8) is 0 Å². The van der Waals surface area contributed by atoms with Crippen LogP contribution in [0.4, 0.5) is 0 Å². The highest BCUT2D eigenvalue weighted by atomic mass is 32.2. The van der Waals surface area contributed by atoms with E-state index in [0.717, 1.165) is 18.2 Å². The van der Waals surface area contributed by atoms with Crippen molar-refractivity contribution in [1.29, 1.82) is 0 Å². The van der Waals surface area contributed by atoms with E-state index < -0.39 is 10.1 Å². The van der Waals surface area contributed by atoms with E-state index in [1.807, 2.05) is 13.0 Å². The van der Waals surface area contributed by atoms with Crippen LogP contribution in [0.3, 0.4) is 0 Å². The number of rotatable bonds is 3. The van der Waals surface area contributed by atoms with E-state index in [0.29, 0.717) is 12.0 Å². The molecule has 17 heavy (non-hydrogen) atoms. The second kappa shape index (κ2) is 4.14. The molecule has 0 fully saturated rings. The van der Waals surface area contributed by atoms with Gasteiger partial charge in [-0.05, 0) is 24.5 Å². The van der Waals surface area contributed by atoms with Gasteiger partial charge in [0.05, 0.1) is 11.8 Å². The van der Waals surface area contributed by atoms with Crippen molar-refractivity contribution in [1.82, 2.24) is 0 Å². The molecular weight excluding hydrogens is 240 g/mol. The highest BCUT2D eigenvalue weighted by Crippen LogP contribution is 2.35. The normalized spacial score (nSPS) is 19.2. The summed E-state index contributed by atoms with van der Waals surface area (Å²) in [6.07, 6.45) is 2.40. The molecule has 1 aliphatic carbocycles. The molecule has 1 aromatic carbocycles. The van der Waals surface area contributed by atoms with Crippen LogP contribution >= 0.6 is 0 Å². The molecule has 0 heterocycles. The van der Waals surface area contributed by atoms with Crippen molar-refractivity contribution in [3.05, 3.63) is 29.3 Å². The quantitative estimate of drug-likeness (QED) is 0.771. The van der Waals surface area contributed by atoms with E-state index in [1.165, 1.54) is 6.07 Å². The van der Waals surface area contributed by atoms with Crippen LogP contribution in [0.5, 0.6) is 5.75 Å². The van der Waals surface area contributed by atoms with Crippen molar-refractivity contribution in [2.45, 2.75) is 19.8 Å². The highest BCUT2D eigenvalue weighted by molar-refractivity contribution is 7.86. The molecule has 0 aliphatic heterocycles. The second-order valence-corrected chi connectivity index (χ2v) is 5.83. The lowest BCUT2D eigenvalue weighted by atomic mass is 10.0. The van der Waals surface area contributed by atoms with Gasteiger partial charge in [-0.25, -0.2) is 0 Å². The maximum Gasteiger partial charge on any atom is 0.306 e. The average Bonchev–Trinajstić information content (AvgIpc) is 2.54. The zero-order valence-electron chi connectivity index (χ0n) is 9.76. The first-order chi connectivity index (χ1) is 7.92. The number of Topliss-reactive ketones (excluding diaryl/α,β-unsaturated/α-hetero) is 1. The first-order valence-electron chi connectivity index (χ1n) is 5.48. The lowest BCUT2D eigenvalue weighted by molar-refractivity contribution is 0.0933. The third kappa shape index (κ3) is 2.34. The van der Waals surface area contributed by atoms with Crippen LogP contribution in [0.25, 0.3) is 0 Å². The fraction of sp³-hybridized carbons (Fsp3) is 0.417. The largest absolute Gasteiger partial charge is 0.382 e. The van der Waals surface area contributed by atoms with Crippen molar-refractivity contribution in [3.8, 4) is 5.75 Å². The molecule has 0 N–H and O–H groups in total. The van der Waals surface area contributed by atoms with Gasteiger partial charge in [-0.3, -0.25) is 4.79 Å². The molecule has 0 saturated carbocycles. The highest BCUT2D eigenvalue weighted by Gasteiger charge is 2.32. The van der Waals surface area contributed by atoms with Gasteiger partial charge in [0, 0.05) is 5.92 Å². The Morgan fingerprint density at radius 2 is 2.12 bits per heavy atom. The first-order valence-corrected chi connectivity index (χ1v) is 7.29. The third-order valence-electron chi connectivity index (χ3n) is 2.93. The number of fused-ring (bicyclic) bond motifs is 1. The monoisotopic (exact) mass is 254 g/mol. The van der Waals surface area contributed by atoms with Gasteiger partial charge in [0.2, 0.25) is 0 Å². The molecule has 0 amide bonds. The number of hydrogen-bond acceptors (Lipinski definition) is 4. The van der Waals surface area contributed by atoms with E-state index in [-0.39, 0.29) is 17.5 Å². The molecule has 2 rings (SSSR count). The summed E-state index contributed by atoms with van der Waals surface area (Å²) in [7, 11) is -3.60. The molecule has 1 unspecified atom stereocenters. The second-order valence-electron chi connectivity index (χ2n) is 4.25. The maximum absolute atomic E-state index is 12.1. The molecule has 0 radical (unpaired) electrons. The van der Waals surface area contributed by atoms with Crippen LogP contribution in [0.15, 0.2) is 18.2 Å². The van der Waals surface area contributed by atoms with Crippen molar-refractivity contribution >= 4 is 15.9 Å². The standard InChI is InChI=1S/C12H14O4S/c1-3-8-7-9-5-4-6-10(11(9)12(8)13)16-17(2,14)15/h4-6,8H,3,7H2,1-2H3. The Labute approximate surface area is 101 Å². The smallest absolute Gasteiger partial charge is 0.306 e. The number of ketones is 1. The Hall–Kier alpha value is -1.36. The molecule has 1 atom stereocenters. The number of benzene rings is 1. The van der Waals surface area contributed by atoms with Gasteiger partial charge < -0.3 is 4.18 Å². The first kappa shape index (κ1) is 12.1. The summed E-state index contributed by atoms with van der Waals surface area (Å²) in [5, 5.41) is 0. The van der Waals surface area contributed by atoms with E-state index in [2.05, 4.69) is 0 Å². The third-order valence-corrected chi connectivity index (χ3v) is 3.41. The Morgan fingerprint density at radius 1 is 1.41 bits per heavy atom. The summed E-state index contributed by atoms with van der Waals surface area (Å²) in [5.41, 5.74) is 1.31. The Morgan fingerprint density at radius 3 is 2.71 bits per heavy atom. The molecule has 0 saturated heterocycles. The summed E-state index contributed by atoms with van der Waals surface area (Å²) >= 11 is 0. The van der Waals surface area contributed by atoms with Gasteiger partial charge >= 0.3 is 10.1 Å². The van der Waals surface area contributed by atoms with Crippen molar-refractivity contribution in [2.24, 2.45) is 5.92 Å². The van der Waals surface area contributed by atoms with Crippen molar-refractivity contribution in [2.75, 3.05) is 6.26 Å². The van der Waals surface area contributed by atoms with E-state index >= 15 is 0 Å². The molecule has 5 heteroatoms. The Bertz CT molecular complexity index is 560. The van der Waals surface area contributed by atoms with E-state index in [9.17, 15) is 13.2 Å².